The molecule has 0 fully saturated rings. The number of benzene rings is 2. The van der Waals surface area contributed by atoms with Crippen LogP contribution >= 0.6 is 35.0 Å². The Morgan fingerprint density at radius 3 is 2.39 bits per heavy atom. The third-order valence-corrected chi connectivity index (χ3v) is 6.49. The highest BCUT2D eigenvalue weighted by Gasteiger charge is 2.26. The van der Waals surface area contributed by atoms with E-state index in [9.17, 15) is 8.42 Å². The van der Waals surface area contributed by atoms with Gasteiger partial charge in [-0.1, -0.05) is 35.3 Å². The van der Waals surface area contributed by atoms with Gasteiger partial charge in [0.05, 0.1) is 27.2 Å². The van der Waals surface area contributed by atoms with Gasteiger partial charge in [0.25, 0.3) is 10.0 Å². The molecule has 0 N–H and O–H groups in total. The number of hydrogen-bond donors (Lipinski definition) is 0. The maximum atomic E-state index is 13.0. The van der Waals surface area contributed by atoms with Crippen molar-refractivity contribution in [1.29, 1.82) is 0 Å². The van der Waals surface area contributed by atoms with Crippen LogP contribution in [0.5, 0.6) is 0 Å². The molecule has 0 atom stereocenters. The summed E-state index contributed by atoms with van der Waals surface area (Å²) in [6.07, 6.45) is 3.43. The van der Waals surface area contributed by atoms with Crippen molar-refractivity contribution < 1.29 is 8.42 Å². The first-order valence-corrected chi connectivity index (χ1v) is 10.1. The Hall–Kier alpha value is -1.14. The van der Waals surface area contributed by atoms with Gasteiger partial charge in [-0.3, -0.25) is 4.31 Å². The summed E-state index contributed by atoms with van der Waals surface area (Å²) in [7, 11) is -3.77. The molecule has 122 valence electrons. The average molecular weight is 388 g/mol. The molecule has 0 aliphatic rings. The summed E-state index contributed by atoms with van der Waals surface area (Å²) in [4.78, 5) is 1.17. The monoisotopic (exact) mass is 387 g/mol. The highest BCUT2D eigenvalue weighted by Crippen LogP contribution is 2.35. The fraction of sp³-hybridized carbons (Fsp3) is 0.125. The Kier molecular flexibility index (Phi) is 6.03. The highest BCUT2D eigenvalue weighted by atomic mass is 35.5. The Morgan fingerprint density at radius 1 is 1.17 bits per heavy atom. The molecule has 23 heavy (non-hydrogen) atoms. The minimum absolute atomic E-state index is 0.0900. The Morgan fingerprint density at radius 2 is 1.83 bits per heavy atom. The predicted octanol–water partition coefficient (Wildman–Crippen LogP) is 5.10. The van der Waals surface area contributed by atoms with Gasteiger partial charge in [-0.15, -0.1) is 18.3 Å². The summed E-state index contributed by atoms with van der Waals surface area (Å²) < 4.78 is 27.1. The van der Waals surface area contributed by atoms with Crippen molar-refractivity contribution in [2.24, 2.45) is 0 Å². The van der Waals surface area contributed by atoms with Crippen LogP contribution in [0.15, 0.2) is 64.9 Å². The van der Waals surface area contributed by atoms with Crippen LogP contribution in [0.4, 0.5) is 5.69 Å². The van der Waals surface area contributed by atoms with E-state index >= 15 is 0 Å². The van der Waals surface area contributed by atoms with Crippen LogP contribution < -0.4 is 4.31 Å². The molecule has 0 aliphatic carbocycles. The predicted molar refractivity (Wildman–Crippen MR) is 99.4 cm³/mol. The number of anilines is 1. The molecule has 0 amide bonds. The summed E-state index contributed by atoms with van der Waals surface area (Å²) in [5.41, 5.74) is 0.327. The van der Waals surface area contributed by atoms with Gasteiger partial charge in [0.1, 0.15) is 0 Å². The lowest BCUT2D eigenvalue weighted by molar-refractivity contribution is 0.593. The van der Waals surface area contributed by atoms with Gasteiger partial charge in [-0.05, 0) is 42.7 Å². The molecule has 2 aromatic carbocycles. The number of halogens is 2. The van der Waals surface area contributed by atoms with Gasteiger partial charge in [-0.2, -0.15) is 0 Å². The van der Waals surface area contributed by atoms with E-state index in [1.165, 1.54) is 10.4 Å². The van der Waals surface area contributed by atoms with Crippen molar-refractivity contribution >= 4 is 50.7 Å². The molecule has 2 rings (SSSR count). The average Bonchev–Trinajstić information content (AvgIpc) is 2.55. The van der Waals surface area contributed by atoms with Crippen LogP contribution in [-0.2, 0) is 10.0 Å². The van der Waals surface area contributed by atoms with Gasteiger partial charge in [0.2, 0.25) is 0 Å². The normalized spacial score (nSPS) is 11.3. The number of nitrogens with zero attached hydrogens (tertiary/aromatic N) is 1. The Labute approximate surface area is 151 Å². The van der Waals surface area contributed by atoms with E-state index in [2.05, 4.69) is 6.58 Å². The van der Waals surface area contributed by atoms with Gasteiger partial charge >= 0.3 is 0 Å². The standard InChI is InChI=1S/C16H15Cl2NO2S2/c1-3-11-19(15-6-4-5-14(17)16(15)18)23(20,21)13-9-7-12(22-2)8-10-13/h3-10H,1,11H2,2H3. The van der Waals surface area contributed by atoms with E-state index in [4.69, 9.17) is 23.2 Å². The molecule has 0 radical (unpaired) electrons. The van der Waals surface area contributed by atoms with Crippen molar-refractivity contribution in [2.75, 3.05) is 17.1 Å². The molecule has 2 aromatic rings. The van der Waals surface area contributed by atoms with Crippen molar-refractivity contribution in [3.63, 3.8) is 0 Å². The number of sulfonamides is 1. The van der Waals surface area contributed by atoms with Crippen molar-refractivity contribution in [3.8, 4) is 0 Å². The minimum Gasteiger partial charge on any atom is -0.261 e. The lowest BCUT2D eigenvalue weighted by Crippen LogP contribution is -2.31. The second-order valence-electron chi connectivity index (χ2n) is 4.57. The van der Waals surface area contributed by atoms with Crippen molar-refractivity contribution in [1.82, 2.24) is 0 Å². The number of thioether (sulfide) groups is 1. The summed E-state index contributed by atoms with van der Waals surface area (Å²) >= 11 is 13.7. The summed E-state index contributed by atoms with van der Waals surface area (Å²) in [5.74, 6) is 0. The lowest BCUT2D eigenvalue weighted by atomic mass is 10.3. The van der Waals surface area contributed by atoms with Gasteiger partial charge in [0.15, 0.2) is 0 Å². The summed E-state index contributed by atoms with van der Waals surface area (Å²) in [6, 6.07) is 11.6. The van der Waals surface area contributed by atoms with Crippen molar-refractivity contribution in [2.45, 2.75) is 9.79 Å². The first kappa shape index (κ1) is 18.2. The minimum atomic E-state index is -3.77. The molecule has 0 aliphatic heterocycles. The number of hydrogen-bond acceptors (Lipinski definition) is 3. The lowest BCUT2D eigenvalue weighted by Gasteiger charge is -2.24. The first-order valence-electron chi connectivity index (χ1n) is 6.63. The zero-order valence-electron chi connectivity index (χ0n) is 12.4. The molecule has 0 spiro atoms. The summed E-state index contributed by atoms with van der Waals surface area (Å²) in [5, 5.41) is 0.492. The first-order chi connectivity index (χ1) is 10.9. The molecule has 7 heteroatoms. The molecule has 0 unspecified atom stereocenters. The van der Waals surface area contributed by atoms with Gasteiger partial charge in [0, 0.05) is 4.90 Å². The van der Waals surface area contributed by atoms with E-state index in [0.29, 0.717) is 10.7 Å². The Bertz CT molecular complexity index is 805. The van der Waals surface area contributed by atoms with E-state index < -0.39 is 10.0 Å². The SMILES string of the molecule is C=CCN(c1cccc(Cl)c1Cl)S(=O)(=O)c1ccc(SC)cc1. The number of rotatable bonds is 6. The maximum absolute atomic E-state index is 13.0. The topological polar surface area (TPSA) is 37.4 Å². The smallest absolute Gasteiger partial charge is 0.261 e. The zero-order valence-corrected chi connectivity index (χ0v) is 15.5. The van der Waals surface area contributed by atoms with Crippen LogP contribution in [0, 0.1) is 0 Å². The zero-order chi connectivity index (χ0) is 17.0. The molecule has 3 nitrogen and oxygen atoms in total. The van der Waals surface area contributed by atoms with Crippen LogP contribution in [-0.4, -0.2) is 21.2 Å². The van der Waals surface area contributed by atoms with Crippen LogP contribution in [0.2, 0.25) is 10.0 Å². The van der Waals surface area contributed by atoms with Gasteiger partial charge < -0.3 is 0 Å². The molecule has 0 aromatic heterocycles. The Balaban J connectivity index is 2.54. The molecule has 0 bridgehead atoms. The molecular weight excluding hydrogens is 373 g/mol. The van der Waals surface area contributed by atoms with E-state index in [0.717, 1.165) is 4.90 Å². The summed E-state index contributed by atoms with van der Waals surface area (Å²) in [6.45, 7) is 3.72. The molecule has 0 saturated heterocycles. The van der Waals surface area contributed by atoms with Crippen LogP contribution in [0.25, 0.3) is 0 Å². The molecular formula is C16H15Cl2NO2S2. The third kappa shape index (κ3) is 3.86. The van der Waals surface area contributed by atoms with Gasteiger partial charge in [-0.25, -0.2) is 8.42 Å². The second kappa shape index (κ2) is 7.62. The quantitative estimate of drug-likeness (QED) is 0.511. The third-order valence-electron chi connectivity index (χ3n) is 3.14. The largest absolute Gasteiger partial charge is 0.264 e. The van der Waals surface area contributed by atoms with Crippen molar-refractivity contribution in [3.05, 3.63) is 65.2 Å². The fourth-order valence-electron chi connectivity index (χ4n) is 2.00. The fourth-order valence-corrected chi connectivity index (χ4v) is 4.31. The van der Waals surface area contributed by atoms with E-state index in [-0.39, 0.29) is 16.5 Å². The maximum Gasteiger partial charge on any atom is 0.264 e. The second-order valence-corrected chi connectivity index (χ2v) is 8.10. The van der Waals surface area contributed by atoms with Crippen LogP contribution in [0.1, 0.15) is 0 Å². The van der Waals surface area contributed by atoms with E-state index in [1.54, 1.807) is 54.2 Å². The molecule has 0 saturated carbocycles. The molecule has 0 heterocycles. The van der Waals surface area contributed by atoms with Crippen LogP contribution in [0.3, 0.4) is 0 Å². The van der Waals surface area contributed by atoms with E-state index in [1.807, 2.05) is 6.26 Å². The highest BCUT2D eigenvalue weighted by molar-refractivity contribution is 7.98.